The van der Waals surface area contributed by atoms with Gasteiger partial charge in [-0.2, -0.15) is 0 Å². The Kier molecular flexibility index (Phi) is 4.59. The second-order valence-electron chi connectivity index (χ2n) is 3.84. The molecule has 0 spiro atoms. The van der Waals surface area contributed by atoms with E-state index in [0.717, 1.165) is 10.4 Å². The second-order valence-corrected chi connectivity index (χ2v) is 7.41. The van der Waals surface area contributed by atoms with E-state index in [1.807, 2.05) is 6.07 Å². The highest BCUT2D eigenvalue weighted by molar-refractivity contribution is 7.91. The summed E-state index contributed by atoms with van der Waals surface area (Å²) in [5.41, 5.74) is 6.21. The van der Waals surface area contributed by atoms with Crippen LogP contribution in [0.2, 0.25) is 5.02 Å². The summed E-state index contributed by atoms with van der Waals surface area (Å²) in [6, 6.07) is 10.4. The normalized spacial score (nSPS) is 11.7. The van der Waals surface area contributed by atoms with Gasteiger partial charge in [0.1, 0.15) is 4.21 Å². The van der Waals surface area contributed by atoms with Crippen molar-refractivity contribution in [1.29, 1.82) is 0 Å². The van der Waals surface area contributed by atoms with Crippen molar-refractivity contribution < 1.29 is 8.42 Å². The summed E-state index contributed by atoms with van der Waals surface area (Å²) in [5, 5.41) is 0.541. The zero-order valence-electron chi connectivity index (χ0n) is 9.97. The van der Waals surface area contributed by atoms with Crippen molar-refractivity contribution in [2.75, 3.05) is 0 Å². The quantitative estimate of drug-likeness (QED) is 0.889. The third kappa shape index (κ3) is 3.55. The molecule has 0 aliphatic heterocycles. The Balaban J connectivity index is 2.12. The average molecular weight is 317 g/mol. The van der Waals surface area contributed by atoms with Crippen LogP contribution in [0.4, 0.5) is 0 Å². The van der Waals surface area contributed by atoms with Crippen molar-refractivity contribution in [2.24, 2.45) is 5.73 Å². The molecule has 0 radical (unpaired) electrons. The van der Waals surface area contributed by atoms with Crippen LogP contribution in [0.1, 0.15) is 10.4 Å². The van der Waals surface area contributed by atoms with Crippen molar-refractivity contribution in [3.05, 3.63) is 51.9 Å². The molecular weight excluding hydrogens is 304 g/mol. The van der Waals surface area contributed by atoms with Crippen molar-refractivity contribution in [2.45, 2.75) is 17.3 Å². The predicted octanol–water partition coefficient (Wildman–Crippen LogP) is 2.34. The highest BCUT2D eigenvalue weighted by atomic mass is 35.5. The molecule has 1 aromatic heterocycles. The van der Waals surface area contributed by atoms with Crippen LogP contribution in [0.5, 0.6) is 0 Å². The minimum absolute atomic E-state index is 0.165. The molecule has 0 aliphatic carbocycles. The summed E-state index contributed by atoms with van der Waals surface area (Å²) in [6.07, 6.45) is 0. The Morgan fingerprint density at radius 1 is 1.21 bits per heavy atom. The zero-order valence-corrected chi connectivity index (χ0v) is 12.4. The van der Waals surface area contributed by atoms with E-state index in [-0.39, 0.29) is 10.8 Å². The Hall–Kier alpha value is -0.920. The molecule has 0 saturated carbocycles. The van der Waals surface area contributed by atoms with E-state index in [1.165, 1.54) is 11.3 Å². The number of thiophene rings is 1. The molecular formula is C12H13ClN2O2S2. The summed E-state index contributed by atoms with van der Waals surface area (Å²) in [7, 11) is -3.51. The fraction of sp³-hybridized carbons (Fsp3) is 0.167. The molecule has 0 fully saturated rings. The second kappa shape index (κ2) is 6.02. The van der Waals surface area contributed by atoms with Gasteiger partial charge in [-0.05, 0) is 23.8 Å². The number of nitrogens with two attached hydrogens (primary N) is 1. The molecule has 2 aromatic rings. The zero-order chi connectivity index (χ0) is 13.9. The van der Waals surface area contributed by atoms with E-state index in [4.69, 9.17) is 17.3 Å². The molecule has 19 heavy (non-hydrogen) atoms. The van der Waals surface area contributed by atoms with Crippen LogP contribution in [0.3, 0.4) is 0 Å². The van der Waals surface area contributed by atoms with Crippen LogP contribution in [0, 0.1) is 0 Å². The van der Waals surface area contributed by atoms with E-state index in [9.17, 15) is 8.42 Å². The Morgan fingerprint density at radius 2 is 1.95 bits per heavy atom. The lowest BCUT2D eigenvalue weighted by Gasteiger charge is -2.06. The van der Waals surface area contributed by atoms with E-state index in [2.05, 4.69) is 4.72 Å². The first kappa shape index (κ1) is 14.5. The maximum atomic E-state index is 12.1. The van der Waals surface area contributed by atoms with Gasteiger partial charge in [-0.25, -0.2) is 13.1 Å². The van der Waals surface area contributed by atoms with Crippen LogP contribution >= 0.6 is 22.9 Å². The molecule has 7 heteroatoms. The predicted molar refractivity (Wildman–Crippen MR) is 77.7 cm³/mol. The third-order valence-corrected chi connectivity index (χ3v) is 5.88. The van der Waals surface area contributed by atoms with Gasteiger partial charge in [0.25, 0.3) is 0 Å². The van der Waals surface area contributed by atoms with Crippen molar-refractivity contribution in [3.63, 3.8) is 0 Å². The fourth-order valence-corrected chi connectivity index (χ4v) is 3.99. The molecule has 0 atom stereocenters. The summed E-state index contributed by atoms with van der Waals surface area (Å²) < 4.78 is 26.9. The highest BCUT2D eigenvalue weighted by Gasteiger charge is 2.16. The Bertz CT molecular complexity index is 668. The van der Waals surface area contributed by atoms with Crippen molar-refractivity contribution in [1.82, 2.24) is 4.72 Å². The first-order valence-corrected chi connectivity index (χ1v) is 8.22. The van der Waals surface area contributed by atoms with E-state index in [0.29, 0.717) is 11.6 Å². The number of rotatable bonds is 5. The molecule has 0 unspecified atom stereocenters. The molecule has 0 aliphatic rings. The van der Waals surface area contributed by atoms with Gasteiger partial charge in [0.2, 0.25) is 10.0 Å². The fourth-order valence-electron chi connectivity index (χ4n) is 1.50. The van der Waals surface area contributed by atoms with Crippen LogP contribution in [0.25, 0.3) is 0 Å². The van der Waals surface area contributed by atoms with Gasteiger partial charge < -0.3 is 5.73 Å². The number of benzene rings is 1. The molecule has 4 nitrogen and oxygen atoms in total. The molecule has 1 heterocycles. The minimum atomic E-state index is -3.51. The van der Waals surface area contributed by atoms with Crippen molar-refractivity contribution >= 4 is 33.0 Å². The molecule has 3 N–H and O–H groups in total. The molecule has 0 saturated heterocycles. The van der Waals surface area contributed by atoms with Gasteiger partial charge in [0.15, 0.2) is 0 Å². The SMILES string of the molecule is NCc1ccc(S(=O)(=O)NCc2ccccc2Cl)s1. The number of sulfonamides is 1. The summed E-state index contributed by atoms with van der Waals surface area (Å²) in [5.74, 6) is 0. The van der Waals surface area contributed by atoms with Gasteiger partial charge in [-0.1, -0.05) is 29.8 Å². The van der Waals surface area contributed by atoms with Crippen molar-refractivity contribution in [3.8, 4) is 0 Å². The Labute approximate surface area is 121 Å². The molecule has 102 valence electrons. The summed E-state index contributed by atoms with van der Waals surface area (Å²) >= 11 is 7.15. The minimum Gasteiger partial charge on any atom is -0.326 e. The lowest BCUT2D eigenvalue weighted by Crippen LogP contribution is -2.22. The lowest BCUT2D eigenvalue weighted by atomic mass is 10.2. The van der Waals surface area contributed by atoms with Gasteiger partial charge in [0, 0.05) is 23.0 Å². The highest BCUT2D eigenvalue weighted by Crippen LogP contribution is 2.22. The van der Waals surface area contributed by atoms with Crippen LogP contribution in [-0.4, -0.2) is 8.42 Å². The summed E-state index contributed by atoms with van der Waals surface area (Å²) in [6.45, 7) is 0.503. The number of hydrogen-bond acceptors (Lipinski definition) is 4. The first-order chi connectivity index (χ1) is 9.03. The lowest BCUT2D eigenvalue weighted by molar-refractivity contribution is 0.583. The standard InChI is InChI=1S/C12H13ClN2O2S2/c13-11-4-2-1-3-9(11)8-15-19(16,17)12-6-5-10(7-14)18-12/h1-6,15H,7-8,14H2. The molecule has 0 bridgehead atoms. The van der Waals surface area contributed by atoms with Gasteiger partial charge in [-0.3, -0.25) is 0 Å². The molecule has 0 amide bonds. The van der Waals surface area contributed by atoms with E-state index in [1.54, 1.807) is 30.3 Å². The average Bonchev–Trinajstić information content (AvgIpc) is 2.87. The van der Waals surface area contributed by atoms with Gasteiger partial charge in [0.05, 0.1) is 0 Å². The largest absolute Gasteiger partial charge is 0.326 e. The number of nitrogens with one attached hydrogen (secondary N) is 1. The maximum Gasteiger partial charge on any atom is 0.250 e. The molecule has 1 aromatic carbocycles. The molecule has 2 rings (SSSR count). The smallest absolute Gasteiger partial charge is 0.250 e. The monoisotopic (exact) mass is 316 g/mol. The summed E-state index contributed by atoms with van der Waals surface area (Å²) in [4.78, 5) is 0.832. The Morgan fingerprint density at radius 3 is 2.58 bits per heavy atom. The van der Waals surface area contributed by atoms with Gasteiger partial charge in [-0.15, -0.1) is 11.3 Å². The number of halogens is 1. The van der Waals surface area contributed by atoms with Crippen LogP contribution in [-0.2, 0) is 23.1 Å². The van der Waals surface area contributed by atoms with E-state index >= 15 is 0 Å². The van der Waals surface area contributed by atoms with Crippen LogP contribution in [0.15, 0.2) is 40.6 Å². The first-order valence-electron chi connectivity index (χ1n) is 5.55. The topological polar surface area (TPSA) is 72.2 Å². The maximum absolute atomic E-state index is 12.1. The van der Waals surface area contributed by atoms with Gasteiger partial charge >= 0.3 is 0 Å². The number of hydrogen-bond donors (Lipinski definition) is 2. The van der Waals surface area contributed by atoms with Crippen LogP contribution < -0.4 is 10.5 Å². The third-order valence-electron chi connectivity index (χ3n) is 2.51. The van der Waals surface area contributed by atoms with E-state index < -0.39 is 10.0 Å².